The summed E-state index contributed by atoms with van der Waals surface area (Å²) in [5, 5.41) is 11.4. The van der Waals surface area contributed by atoms with Crippen molar-refractivity contribution in [2.75, 3.05) is 0 Å². The van der Waals surface area contributed by atoms with E-state index in [1.807, 2.05) is 0 Å². The van der Waals surface area contributed by atoms with E-state index < -0.39 is 5.41 Å². The summed E-state index contributed by atoms with van der Waals surface area (Å²) in [6, 6.07) is 0. The molecule has 0 radical (unpaired) electrons. The van der Waals surface area contributed by atoms with Crippen LogP contribution in [0.5, 0.6) is 0 Å². The van der Waals surface area contributed by atoms with Gasteiger partial charge in [0.15, 0.2) is 11.5 Å². The number of hydrogen-bond donors (Lipinski definition) is 2. The van der Waals surface area contributed by atoms with E-state index in [2.05, 4.69) is 5.16 Å². The summed E-state index contributed by atoms with van der Waals surface area (Å²) in [7, 11) is 0. The molecule has 1 aromatic heterocycles. The van der Waals surface area contributed by atoms with Gasteiger partial charge < -0.3 is 10.3 Å². The molecule has 5 nitrogen and oxygen atoms in total. The van der Waals surface area contributed by atoms with Crippen molar-refractivity contribution in [2.45, 2.75) is 50.4 Å². The second kappa shape index (κ2) is 3.93. The maximum Gasteiger partial charge on any atom is 0.154 e. The van der Waals surface area contributed by atoms with Crippen LogP contribution in [0.2, 0.25) is 0 Å². The van der Waals surface area contributed by atoms with Gasteiger partial charge in [-0.05, 0) is 32.1 Å². The maximum atomic E-state index is 12.3. The summed E-state index contributed by atoms with van der Waals surface area (Å²) in [6.45, 7) is 0. The molecule has 5 heteroatoms. The number of nitrogen functional groups attached to an aromatic ring is 1. The molecule has 2 aliphatic rings. The number of nitrogens with one attached hydrogen (secondary N) is 1. The molecule has 1 unspecified atom stereocenters. The predicted molar refractivity (Wildman–Crippen MR) is 65.6 cm³/mol. The number of ketones is 1. The van der Waals surface area contributed by atoms with E-state index in [0.717, 1.165) is 44.1 Å². The number of nitrogens with two attached hydrogens (primary N) is 1. The monoisotopic (exact) mass is 247 g/mol. The van der Waals surface area contributed by atoms with Crippen molar-refractivity contribution < 1.29 is 9.32 Å². The maximum absolute atomic E-state index is 12.3. The minimum atomic E-state index is -0.466. The Morgan fingerprint density at radius 2 is 2.06 bits per heavy atom. The fourth-order valence-electron chi connectivity index (χ4n) is 3.40. The second-order valence-electron chi connectivity index (χ2n) is 5.32. The van der Waals surface area contributed by atoms with Crippen molar-refractivity contribution in [1.82, 2.24) is 5.16 Å². The Bertz CT molecular complexity index is 520. The number of amidine groups is 1. The van der Waals surface area contributed by atoms with Crippen LogP contribution in [-0.4, -0.2) is 16.8 Å². The molecule has 1 aromatic rings. The van der Waals surface area contributed by atoms with Gasteiger partial charge in [-0.1, -0.05) is 11.6 Å². The standard InChI is InChI=1S/C13H17N3O2/c14-12(15)10-8-4-3-7-13(11(8)18-16-10)6-2-1-5-9(13)17/h1-7H2,(H3,14,15). The summed E-state index contributed by atoms with van der Waals surface area (Å²) >= 11 is 0. The average Bonchev–Trinajstić information content (AvgIpc) is 2.78. The number of carbonyl (C=O) groups is 1. The third-order valence-electron chi connectivity index (χ3n) is 4.30. The van der Waals surface area contributed by atoms with Crippen molar-refractivity contribution >= 4 is 11.6 Å². The van der Waals surface area contributed by atoms with Gasteiger partial charge in [-0.3, -0.25) is 10.2 Å². The Balaban J connectivity index is 2.12. The first kappa shape index (κ1) is 11.4. The molecule has 0 aliphatic heterocycles. The van der Waals surface area contributed by atoms with Gasteiger partial charge in [0.05, 0.1) is 5.41 Å². The summed E-state index contributed by atoms with van der Waals surface area (Å²) in [4.78, 5) is 12.3. The highest BCUT2D eigenvalue weighted by atomic mass is 16.5. The Labute approximate surface area is 105 Å². The normalized spacial score (nSPS) is 27.2. The highest BCUT2D eigenvalue weighted by Crippen LogP contribution is 2.46. The SMILES string of the molecule is N=C(N)c1noc2c1CCCC21CCCCC1=O. The van der Waals surface area contributed by atoms with Crippen molar-refractivity contribution in [3.8, 4) is 0 Å². The first-order valence-corrected chi connectivity index (χ1v) is 6.52. The number of carbonyl (C=O) groups excluding carboxylic acids is 1. The molecule has 0 saturated heterocycles. The topological polar surface area (TPSA) is 93.0 Å². The zero-order valence-electron chi connectivity index (χ0n) is 10.3. The molecule has 1 spiro atoms. The van der Waals surface area contributed by atoms with Crippen LogP contribution in [0.1, 0.15) is 55.5 Å². The van der Waals surface area contributed by atoms with Crippen LogP contribution < -0.4 is 5.73 Å². The Morgan fingerprint density at radius 3 is 2.78 bits per heavy atom. The lowest BCUT2D eigenvalue weighted by atomic mass is 9.64. The summed E-state index contributed by atoms with van der Waals surface area (Å²) in [5.41, 5.74) is 6.37. The molecule has 3 rings (SSSR count). The fraction of sp³-hybridized carbons (Fsp3) is 0.615. The van der Waals surface area contributed by atoms with Gasteiger partial charge in [-0.2, -0.15) is 0 Å². The van der Waals surface area contributed by atoms with E-state index in [0.29, 0.717) is 17.9 Å². The van der Waals surface area contributed by atoms with Crippen molar-refractivity contribution in [3.63, 3.8) is 0 Å². The zero-order chi connectivity index (χ0) is 12.8. The van der Waals surface area contributed by atoms with E-state index >= 15 is 0 Å². The van der Waals surface area contributed by atoms with Crippen molar-refractivity contribution in [2.24, 2.45) is 5.73 Å². The molecule has 18 heavy (non-hydrogen) atoms. The van der Waals surface area contributed by atoms with Crippen LogP contribution in [0.15, 0.2) is 4.52 Å². The van der Waals surface area contributed by atoms with Gasteiger partial charge in [0.1, 0.15) is 11.6 Å². The van der Waals surface area contributed by atoms with E-state index in [4.69, 9.17) is 15.7 Å². The molecule has 0 amide bonds. The molecule has 2 aliphatic carbocycles. The third-order valence-corrected chi connectivity index (χ3v) is 4.30. The molecule has 0 bridgehead atoms. The Morgan fingerprint density at radius 1 is 1.28 bits per heavy atom. The quantitative estimate of drug-likeness (QED) is 0.583. The van der Waals surface area contributed by atoms with E-state index in [9.17, 15) is 4.79 Å². The molecule has 3 N–H and O–H groups in total. The lowest BCUT2D eigenvalue weighted by Gasteiger charge is -2.36. The van der Waals surface area contributed by atoms with Gasteiger partial charge in [0, 0.05) is 12.0 Å². The van der Waals surface area contributed by atoms with E-state index in [1.54, 1.807) is 0 Å². The minimum absolute atomic E-state index is 0.0692. The van der Waals surface area contributed by atoms with Gasteiger partial charge >= 0.3 is 0 Å². The fourth-order valence-corrected chi connectivity index (χ4v) is 3.40. The Kier molecular flexibility index (Phi) is 2.50. The molecule has 96 valence electrons. The summed E-state index contributed by atoms with van der Waals surface area (Å²) in [5.74, 6) is 0.907. The van der Waals surface area contributed by atoms with Crippen LogP contribution in [0.25, 0.3) is 0 Å². The van der Waals surface area contributed by atoms with Crippen LogP contribution in [0.4, 0.5) is 0 Å². The van der Waals surface area contributed by atoms with Gasteiger partial charge in [0.25, 0.3) is 0 Å². The molecule has 1 atom stereocenters. The highest BCUT2D eigenvalue weighted by Gasteiger charge is 2.48. The van der Waals surface area contributed by atoms with Crippen LogP contribution in [0, 0.1) is 5.41 Å². The zero-order valence-corrected chi connectivity index (χ0v) is 10.3. The molecule has 1 saturated carbocycles. The second-order valence-corrected chi connectivity index (χ2v) is 5.32. The molecule has 1 heterocycles. The van der Waals surface area contributed by atoms with Crippen molar-refractivity contribution in [1.29, 1.82) is 5.41 Å². The number of hydrogen-bond acceptors (Lipinski definition) is 4. The lowest BCUT2D eigenvalue weighted by molar-refractivity contribution is -0.128. The smallest absolute Gasteiger partial charge is 0.154 e. The van der Waals surface area contributed by atoms with E-state index in [1.165, 1.54) is 0 Å². The van der Waals surface area contributed by atoms with Crippen molar-refractivity contribution in [3.05, 3.63) is 17.0 Å². The molecular formula is C13H17N3O2. The number of Topliss-reactive ketones (excluding diaryl/α,β-unsaturated/α-hetero) is 1. The van der Waals surface area contributed by atoms with Crippen LogP contribution in [-0.2, 0) is 16.6 Å². The molecule has 1 fully saturated rings. The number of fused-ring (bicyclic) bond motifs is 2. The predicted octanol–water partition coefficient (Wildman–Crippen LogP) is 1.68. The van der Waals surface area contributed by atoms with E-state index in [-0.39, 0.29) is 11.6 Å². The van der Waals surface area contributed by atoms with Gasteiger partial charge in [0.2, 0.25) is 0 Å². The molecular weight excluding hydrogens is 230 g/mol. The van der Waals surface area contributed by atoms with Crippen LogP contribution >= 0.6 is 0 Å². The largest absolute Gasteiger partial charge is 0.382 e. The highest BCUT2D eigenvalue weighted by molar-refractivity contribution is 5.96. The number of rotatable bonds is 1. The van der Waals surface area contributed by atoms with Gasteiger partial charge in [-0.25, -0.2) is 0 Å². The van der Waals surface area contributed by atoms with Crippen LogP contribution in [0.3, 0.4) is 0 Å². The number of nitrogens with zero attached hydrogens (tertiary/aromatic N) is 1. The van der Waals surface area contributed by atoms with Gasteiger partial charge in [-0.15, -0.1) is 0 Å². The molecule has 0 aromatic carbocycles. The lowest BCUT2D eigenvalue weighted by Crippen LogP contribution is -2.41. The first-order chi connectivity index (χ1) is 8.65. The summed E-state index contributed by atoms with van der Waals surface area (Å²) in [6.07, 6.45) is 6.13. The minimum Gasteiger partial charge on any atom is -0.382 e. The third kappa shape index (κ3) is 1.43. The summed E-state index contributed by atoms with van der Waals surface area (Å²) < 4.78 is 5.42. The average molecular weight is 247 g/mol. The first-order valence-electron chi connectivity index (χ1n) is 6.52. The number of aromatic nitrogens is 1. The Hall–Kier alpha value is -1.65.